The third-order valence-corrected chi connectivity index (χ3v) is 6.13. The van der Waals surface area contributed by atoms with Crippen molar-refractivity contribution >= 4 is 35.5 Å². The van der Waals surface area contributed by atoms with Gasteiger partial charge in [-0.25, -0.2) is 0 Å². The first kappa shape index (κ1) is 15.3. The highest BCUT2D eigenvalue weighted by Crippen LogP contribution is 2.52. The number of thioether (sulfide) groups is 2. The highest BCUT2D eigenvalue weighted by atomic mass is 32.2. The Morgan fingerprint density at radius 1 is 1.20 bits per heavy atom. The summed E-state index contributed by atoms with van der Waals surface area (Å²) >= 11 is 2.65. The average molecular weight is 312 g/mol. The topological polar surface area (TPSA) is 63.6 Å². The molecule has 0 radical (unpaired) electrons. The number of ether oxygens (including phenoxy) is 1. The fraction of sp³-hybridized carbons (Fsp3) is 0.429. The fourth-order valence-corrected chi connectivity index (χ4v) is 5.07. The number of carboxylic acids is 1. The predicted octanol–water partition coefficient (Wildman–Crippen LogP) is 2.77. The first-order chi connectivity index (χ1) is 9.39. The zero-order valence-electron chi connectivity index (χ0n) is 11.2. The van der Waals surface area contributed by atoms with E-state index < -0.39 is 22.4 Å². The van der Waals surface area contributed by atoms with Gasteiger partial charge in [-0.15, -0.1) is 23.5 Å². The van der Waals surface area contributed by atoms with Gasteiger partial charge in [-0.05, 0) is 19.4 Å². The van der Waals surface area contributed by atoms with Gasteiger partial charge in [0, 0.05) is 0 Å². The van der Waals surface area contributed by atoms with Crippen LogP contribution in [0.4, 0.5) is 0 Å². The van der Waals surface area contributed by atoms with Gasteiger partial charge in [0.1, 0.15) is 17.1 Å². The van der Waals surface area contributed by atoms with Gasteiger partial charge in [0.05, 0.1) is 4.08 Å². The second kappa shape index (κ2) is 6.10. The van der Waals surface area contributed by atoms with Crippen LogP contribution in [0.1, 0.15) is 19.4 Å². The Balaban J connectivity index is 1.99. The molecule has 1 aromatic rings. The summed E-state index contributed by atoms with van der Waals surface area (Å²) in [7, 11) is 0. The third-order valence-electron chi connectivity index (χ3n) is 2.80. The summed E-state index contributed by atoms with van der Waals surface area (Å²) in [5.74, 6) is -1.42. The molecule has 0 spiro atoms. The lowest BCUT2D eigenvalue weighted by Gasteiger charge is -2.14. The molecule has 0 unspecified atom stereocenters. The van der Waals surface area contributed by atoms with Crippen LogP contribution >= 0.6 is 23.5 Å². The van der Waals surface area contributed by atoms with Crippen molar-refractivity contribution in [3.8, 4) is 0 Å². The Kier molecular flexibility index (Phi) is 4.65. The van der Waals surface area contributed by atoms with E-state index in [1.54, 1.807) is 0 Å². The van der Waals surface area contributed by atoms with Crippen molar-refractivity contribution in [3.63, 3.8) is 0 Å². The Morgan fingerprint density at radius 3 is 2.40 bits per heavy atom. The number of esters is 1. The highest BCUT2D eigenvalue weighted by molar-refractivity contribution is 8.22. The molecule has 2 rings (SSSR count). The molecule has 2 atom stereocenters. The van der Waals surface area contributed by atoms with Gasteiger partial charge in [-0.1, -0.05) is 30.3 Å². The molecular formula is C14H16O4S2. The minimum absolute atomic E-state index is 0.175. The lowest BCUT2D eigenvalue weighted by atomic mass is 10.2. The SMILES string of the molecule is CC1(C)S[C@H](C(=O)OCc2ccccc2)[C@H](C(=O)O)S1. The number of aliphatic carboxylic acids is 1. The van der Waals surface area contributed by atoms with Crippen LogP contribution in [0, 0.1) is 0 Å². The summed E-state index contributed by atoms with van der Waals surface area (Å²) in [5.41, 5.74) is 0.891. The number of carbonyl (C=O) groups excluding carboxylic acids is 1. The molecule has 0 aliphatic carbocycles. The lowest BCUT2D eigenvalue weighted by molar-refractivity contribution is -0.147. The van der Waals surface area contributed by atoms with Crippen LogP contribution in [0.15, 0.2) is 30.3 Å². The number of hydrogen-bond donors (Lipinski definition) is 1. The van der Waals surface area contributed by atoms with Crippen molar-refractivity contribution in [3.05, 3.63) is 35.9 Å². The Hall–Kier alpha value is -1.14. The van der Waals surface area contributed by atoms with Crippen molar-refractivity contribution in [1.82, 2.24) is 0 Å². The van der Waals surface area contributed by atoms with Crippen LogP contribution in [0.3, 0.4) is 0 Å². The molecule has 0 aromatic heterocycles. The summed E-state index contributed by atoms with van der Waals surface area (Å²) < 4.78 is 4.96. The molecule has 1 saturated heterocycles. The summed E-state index contributed by atoms with van der Waals surface area (Å²) in [6.45, 7) is 4.01. The number of carbonyl (C=O) groups is 2. The van der Waals surface area contributed by atoms with E-state index >= 15 is 0 Å². The molecule has 1 heterocycles. The van der Waals surface area contributed by atoms with E-state index in [2.05, 4.69) is 0 Å². The number of carboxylic acid groups (broad SMARTS) is 1. The van der Waals surface area contributed by atoms with E-state index in [0.29, 0.717) is 0 Å². The van der Waals surface area contributed by atoms with Crippen LogP contribution in [-0.2, 0) is 20.9 Å². The first-order valence-corrected chi connectivity index (χ1v) is 7.94. The molecule has 0 bridgehead atoms. The van der Waals surface area contributed by atoms with Gasteiger partial charge in [0.2, 0.25) is 0 Å². The van der Waals surface area contributed by atoms with Crippen molar-refractivity contribution in [1.29, 1.82) is 0 Å². The normalized spacial score (nSPS) is 24.3. The summed E-state index contributed by atoms with van der Waals surface area (Å²) in [5, 5.41) is 7.80. The molecule has 1 aromatic carbocycles. The Labute approximate surface area is 126 Å². The van der Waals surface area contributed by atoms with E-state index in [1.165, 1.54) is 23.5 Å². The maximum absolute atomic E-state index is 12.1. The van der Waals surface area contributed by atoms with Gasteiger partial charge in [0.15, 0.2) is 0 Å². The predicted molar refractivity (Wildman–Crippen MR) is 80.7 cm³/mol. The molecule has 6 heteroatoms. The molecule has 0 amide bonds. The van der Waals surface area contributed by atoms with Crippen LogP contribution in [0.25, 0.3) is 0 Å². The molecule has 1 fully saturated rings. The minimum Gasteiger partial charge on any atom is -0.480 e. The monoisotopic (exact) mass is 312 g/mol. The number of rotatable bonds is 4. The van der Waals surface area contributed by atoms with Gasteiger partial charge in [0.25, 0.3) is 0 Å². The van der Waals surface area contributed by atoms with Crippen LogP contribution in [-0.4, -0.2) is 31.6 Å². The average Bonchev–Trinajstić information content (AvgIpc) is 2.74. The summed E-state index contributed by atoms with van der Waals surface area (Å²) in [6.07, 6.45) is 0. The second-order valence-electron chi connectivity index (χ2n) is 4.91. The summed E-state index contributed by atoms with van der Waals surface area (Å²) in [4.78, 5) is 23.3. The van der Waals surface area contributed by atoms with Crippen molar-refractivity contribution in [2.45, 2.75) is 35.0 Å². The van der Waals surface area contributed by atoms with Crippen LogP contribution < -0.4 is 0 Å². The van der Waals surface area contributed by atoms with E-state index in [0.717, 1.165) is 5.56 Å². The number of hydrogen-bond acceptors (Lipinski definition) is 5. The maximum Gasteiger partial charge on any atom is 0.321 e. The molecule has 108 valence electrons. The molecule has 4 nitrogen and oxygen atoms in total. The first-order valence-electron chi connectivity index (χ1n) is 6.18. The summed E-state index contributed by atoms with van der Waals surface area (Å²) in [6, 6.07) is 9.35. The minimum atomic E-state index is -0.963. The van der Waals surface area contributed by atoms with Gasteiger partial charge >= 0.3 is 11.9 Å². The fourth-order valence-electron chi connectivity index (χ4n) is 1.93. The van der Waals surface area contributed by atoms with Crippen LogP contribution in [0.5, 0.6) is 0 Å². The largest absolute Gasteiger partial charge is 0.480 e. The van der Waals surface area contributed by atoms with Crippen LogP contribution in [0.2, 0.25) is 0 Å². The quantitative estimate of drug-likeness (QED) is 0.863. The zero-order valence-corrected chi connectivity index (χ0v) is 12.9. The third kappa shape index (κ3) is 3.70. The zero-order chi connectivity index (χ0) is 14.8. The van der Waals surface area contributed by atoms with Crippen molar-refractivity contribution in [2.24, 2.45) is 0 Å². The van der Waals surface area contributed by atoms with E-state index in [-0.39, 0.29) is 10.7 Å². The van der Waals surface area contributed by atoms with Gasteiger partial charge in [-0.3, -0.25) is 9.59 Å². The molecule has 20 heavy (non-hydrogen) atoms. The van der Waals surface area contributed by atoms with Crippen molar-refractivity contribution < 1.29 is 19.4 Å². The maximum atomic E-state index is 12.1. The van der Waals surface area contributed by atoms with Gasteiger partial charge in [-0.2, -0.15) is 0 Å². The highest BCUT2D eigenvalue weighted by Gasteiger charge is 2.49. The Morgan fingerprint density at radius 2 is 1.80 bits per heavy atom. The second-order valence-corrected chi connectivity index (χ2v) is 8.70. The smallest absolute Gasteiger partial charge is 0.321 e. The number of benzene rings is 1. The standard InChI is InChI=1S/C14H16O4S2/c1-14(2)19-10(12(15)16)11(20-14)13(17)18-8-9-6-4-3-5-7-9/h3-7,10-11H,8H2,1-2H3,(H,15,16)/t10-,11+/m1/s1. The van der Waals surface area contributed by atoms with Gasteiger partial charge < -0.3 is 9.84 Å². The van der Waals surface area contributed by atoms with Crippen molar-refractivity contribution in [2.75, 3.05) is 0 Å². The Bertz CT molecular complexity index is 501. The lowest BCUT2D eigenvalue weighted by Crippen LogP contribution is -2.33. The molecule has 1 aliphatic rings. The van der Waals surface area contributed by atoms with E-state index in [4.69, 9.17) is 4.74 Å². The molecule has 0 saturated carbocycles. The molecular weight excluding hydrogens is 296 g/mol. The van der Waals surface area contributed by atoms with E-state index in [9.17, 15) is 14.7 Å². The van der Waals surface area contributed by atoms with E-state index in [1.807, 2.05) is 44.2 Å². The molecule has 1 N–H and O–H groups in total. The molecule has 1 aliphatic heterocycles.